The molecule has 0 unspecified atom stereocenters. The summed E-state index contributed by atoms with van der Waals surface area (Å²) in [4.78, 5) is 38.7. The van der Waals surface area contributed by atoms with Crippen LogP contribution in [0.2, 0.25) is 0 Å². The van der Waals surface area contributed by atoms with Crippen LogP contribution in [0.1, 0.15) is 24.5 Å². The standard InChI is InChI=1S/C22H22F2N2O4/c1-12-6-4-9-18(13(12)2)26-11-15(10-19(26)27)22(29)30-14(3)21(28)25-20-16(23)7-5-8-17(20)24/h4-9,14-15H,10-11H2,1-3H3,(H,25,28)/t14-,15+/m0/s1. The smallest absolute Gasteiger partial charge is 0.312 e. The monoisotopic (exact) mass is 416 g/mol. The number of anilines is 2. The summed E-state index contributed by atoms with van der Waals surface area (Å²) < 4.78 is 32.5. The minimum atomic E-state index is -1.29. The van der Waals surface area contributed by atoms with Crippen LogP contribution in [0, 0.1) is 31.4 Å². The minimum Gasteiger partial charge on any atom is -0.452 e. The van der Waals surface area contributed by atoms with Crippen LogP contribution in [0.15, 0.2) is 36.4 Å². The van der Waals surface area contributed by atoms with Crippen LogP contribution in [-0.2, 0) is 19.1 Å². The van der Waals surface area contributed by atoms with Crippen LogP contribution in [0.25, 0.3) is 0 Å². The summed E-state index contributed by atoms with van der Waals surface area (Å²) in [5.74, 6) is -4.41. The first kappa shape index (κ1) is 21.4. The van der Waals surface area contributed by atoms with Crippen molar-refractivity contribution in [1.82, 2.24) is 0 Å². The van der Waals surface area contributed by atoms with Gasteiger partial charge in [-0.2, -0.15) is 0 Å². The van der Waals surface area contributed by atoms with Gasteiger partial charge in [0.05, 0.1) is 5.92 Å². The maximum absolute atomic E-state index is 13.7. The number of para-hydroxylation sites is 1. The van der Waals surface area contributed by atoms with Crippen LogP contribution in [-0.4, -0.2) is 30.4 Å². The molecular weight excluding hydrogens is 394 g/mol. The molecule has 8 heteroatoms. The molecule has 0 bridgehead atoms. The highest BCUT2D eigenvalue weighted by molar-refractivity contribution is 6.01. The molecule has 0 spiro atoms. The summed E-state index contributed by atoms with van der Waals surface area (Å²) in [5, 5.41) is 2.09. The molecule has 2 aromatic rings. The van der Waals surface area contributed by atoms with Crippen LogP contribution >= 0.6 is 0 Å². The van der Waals surface area contributed by atoms with Gasteiger partial charge in [0.15, 0.2) is 6.10 Å². The van der Waals surface area contributed by atoms with Crippen LogP contribution in [0.3, 0.4) is 0 Å². The summed E-state index contributed by atoms with van der Waals surface area (Å²) in [6.07, 6.45) is -1.33. The molecule has 2 amide bonds. The maximum Gasteiger partial charge on any atom is 0.312 e. The lowest BCUT2D eigenvalue weighted by Gasteiger charge is -2.20. The summed E-state index contributed by atoms with van der Waals surface area (Å²) in [6.45, 7) is 5.27. The number of aryl methyl sites for hydroxylation is 1. The number of carbonyl (C=O) groups is 3. The fourth-order valence-corrected chi connectivity index (χ4v) is 3.29. The van der Waals surface area contributed by atoms with Crippen molar-refractivity contribution in [3.8, 4) is 0 Å². The van der Waals surface area contributed by atoms with Crippen molar-refractivity contribution in [1.29, 1.82) is 0 Å². The fraction of sp³-hybridized carbons (Fsp3) is 0.318. The van der Waals surface area contributed by atoms with E-state index in [4.69, 9.17) is 4.74 Å². The van der Waals surface area contributed by atoms with Gasteiger partial charge in [0.1, 0.15) is 17.3 Å². The summed E-state index contributed by atoms with van der Waals surface area (Å²) in [6, 6.07) is 8.76. The van der Waals surface area contributed by atoms with Crippen molar-refractivity contribution < 1.29 is 27.9 Å². The Kier molecular flexibility index (Phi) is 6.14. The molecule has 1 saturated heterocycles. The molecule has 30 heavy (non-hydrogen) atoms. The van der Waals surface area contributed by atoms with Crippen molar-refractivity contribution in [3.05, 3.63) is 59.2 Å². The van der Waals surface area contributed by atoms with E-state index in [0.29, 0.717) is 0 Å². The van der Waals surface area contributed by atoms with Gasteiger partial charge in [-0.25, -0.2) is 8.78 Å². The zero-order chi connectivity index (χ0) is 22.0. The van der Waals surface area contributed by atoms with E-state index in [1.54, 1.807) is 0 Å². The second-order valence-electron chi connectivity index (χ2n) is 7.29. The van der Waals surface area contributed by atoms with Gasteiger partial charge in [0.25, 0.3) is 5.91 Å². The number of nitrogens with one attached hydrogen (secondary N) is 1. The van der Waals surface area contributed by atoms with Gasteiger partial charge in [0.2, 0.25) is 5.91 Å². The molecule has 158 valence electrons. The molecule has 1 aliphatic rings. The second kappa shape index (κ2) is 8.61. The van der Waals surface area contributed by atoms with Gasteiger partial charge in [-0.15, -0.1) is 0 Å². The Labute approximate surface area is 172 Å². The molecule has 1 N–H and O–H groups in total. The largest absolute Gasteiger partial charge is 0.452 e. The van der Waals surface area contributed by atoms with Gasteiger partial charge < -0.3 is 15.0 Å². The van der Waals surface area contributed by atoms with Crippen molar-refractivity contribution in [2.75, 3.05) is 16.8 Å². The van der Waals surface area contributed by atoms with E-state index in [1.165, 1.54) is 17.9 Å². The Morgan fingerprint density at radius 2 is 1.77 bits per heavy atom. The van der Waals surface area contributed by atoms with Crippen LogP contribution in [0.4, 0.5) is 20.2 Å². The topological polar surface area (TPSA) is 75.7 Å². The molecule has 0 saturated carbocycles. The third-order valence-electron chi connectivity index (χ3n) is 5.20. The summed E-state index contributed by atoms with van der Waals surface area (Å²) in [5.41, 5.74) is 2.09. The van der Waals surface area contributed by atoms with Gasteiger partial charge in [0, 0.05) is 18.7 Å². The Morgan fingerprint density at radius 1 is 1.13 bits per heavy atom. The molecule has 3 rings (SSSR count). The third-order valence-corrected chi connectivity index (χ3v) is 5.20. The number of nitrogens with zero attached hydrogens (tertiary/aromatic N) is 1. The zero-order valence-corrected chi connectivity index (χ0v) is 16.9. The highest BCUT2D eigenvalue weighted by Crippen LogP contribution is 2.30. The average molecular weight is 416 g/mol. The van der Waals surface area contributed by atoms with E-state index in [9.17, 15) is 23.2 Å². The van der Waals surface area contributed by atoms with E-state index >= 15 is 0 Å². The first-order chi connectivity index (χ1) is 14.2. The number of ether oxygens (including phenoxy) is 1. The van der Waals surface area contributed by atoms with Crippen molar-refractivity contribution in [2.24, 2.45) is 5.92 Å². The fourth-order valence-electron chi connectivity index (χ4n) is 3.29. The number of amides is 2. The predicted molar refractivity (Wildman–Crippen MR) is 107 cm³/mol. The van der Waals surface area contributed by atoms with Gasteiger partial charge in [-0.1, -0.05) is 18.2 Å². The normalized spacial score (nSPS) is 17.0. The first-order valence-corrected chi connectivity index (χ1v) is 9.51. The van der Waals surface area contributed by atoms with E-state index < -0.39 is 41.2 Å². The molecule has 0 radical (unpaired) electrons. The maximum atomic E-state index is 13.7. The molecule has 0 aliphatic carbocycles. The van der Waals surface area contributed by atoms with E-state index in [1.807, 2.05) is 32.0 Å². The second-order valence-corrected chi connectivity index (χ2v) is 7.29. The number of hydrogen-bond donors (Lipinski definition) is 1. The molecule has 1 heterocycles. The van der Waals surface area contributed by atoms with Crippen molar-refractivity contribution in [2.45, 2.75) is 33.3 Å². The minimum absolute atomic E-state index is 0.0392. The number of esters is 1. The molecule has 6 nitrogen and oxygen atoms in total. The Hall–Kier alpha value is -3.29. The molecule has 2 atom stereocenters. The molecular formula is C22H22F2N2O4. The molecule has 0 aromatic heterocycles. The van der Waals surface area contributed by atoms with Gasteiger partial charge in [-0.3, -0.25) is 14.4 Å². The van der Waals surface area contributed by atoms with Crippen molar-refractivity contribution in [3.63, 3.8) is 0 Å². The first-order valence-electron chi connectivity index (χ1n) is 9.51. The Morgan fingerprint density at radius 3 is 2.43 bits per heavy atom. The SMILES string of the molecule is Cc1cccc(N2C[C@H](C(=O)O[C@@H](C)C(=O)Nc3c(F)cccc3F)CC2=O)c1C. The number of hydrogen-bond acceptors (Lipinski definition) is 4. The summed E-state index contributed by atoms with van der Waals surface area (Å²) >= 11 is 0. The van der Waals surface area contributed by atoms with Crippen molar-refractivity contribution >= 4 is 29.2 Å². The zero-order valence-electron chi connectivity index (χ0n) is 16.9. The highest BCUT2D eigenvalue weighted by atomic mass is 19.1. The lowest BCUT2D eigenvalue weighted by Crippen LogP contribution is -2.33. The highest BCUT2D eigenvalue weighted by Gasteiger charge is 2.38. The molecule has 1 fully saturated rings. The third kappa shape index (κ3) is 4.32. The van der Waals surface area contributed by atoms with Gasteiger partial charge >= 0.3 is 5.97 Å². The van der Waals surface area contributed by atoms with E-state index in [2.05, 4.69) is 5.32 Å². The number of rotatable bonds is 5. The van der Waals surface area contributed by atoms with Crippen LogP contribution in [0.5, 0.6) is 0 Å². The predicted octanol–water partition coefficient (Wildman–Crippen LogP) is 3.50. The number of carbonyl (C=O) groups excluding carboxylic acids is 3. The van der Waals surface area contributed by atoms with Gasteiger partial charge in [-0.05, 0) is 50.1 Å². The van der Waals surface area contributed by atoms with E-state index in [-0.39, 0.29) is 18.9 Å². The lowest BCUT2D eigenvalue weighted by molar-refractivity contribution is -0.157. The number of halogens is 2. The number of benzene rings is 2. The average Bonchev–Trinajstić information content (AvgIpc) is 3.08. The lowest BCUT2D eigenvalue weighted by atomic mass is 10.1. The molecule has 1 aliphatic heterocycles. The Bertz CT molecular complexity index is 988. The Balaban J connectivity index is 1.64. The van der Waals surface area contributed by atoms with E-state index in [0.717, 1.165) is 28.9 Å². The quantitative estimate of drug-likeness (QED) is 0.757. The summed E-state index contributed by atoms with van der Waals surface area (Å²) in [7, 11) is 0. The van der Waals surface area contributed by atoms with Crippen LogP contribution < -0.4 is 10.2 Å². The molecule has 2 aromatic carbocycles.